The summed E-state index contributed by atoms with van der Waals surface area (Å²) in [6.07, 6.45) is 1.53. The van der Waals surface area contributed by atoms with Gasteiger partial charge in [-0.1, -0.05) is 18.2 Å². The Balaban J connectivity index is 1.42. The molecule has 0 radical (unpaired) electrons. The number of sulfonamides is 1. The van der Waals surface area contributed by atoms with Gasteiger partial charge in [0.2, 0.25) is 15.9 Å². The fraction of sp³-hybridized carbons (Fsp3) is 0.364. The monoisotopic (exact) mass is 495 g/mol. The maximum atomic E-state index is 12.8. The molecule has 1 aromatic heterocycles. The zero-order valence-electron chi connectivity index (χ0n) is 18.1. The zero-order valence-corrected chi connectivity index (χ0v) is 18.9. The third kappa shape index (κ3) is 5.12. The molecule has 182 valence electrons. The number of hydrogen-bond donors (Lipinski definition) is 1. The van der Waals surface area contributed by atoms with Crippen LogP contribution in [0.5, 0.6) is 5.75 Å². The first-order valence-electron chi connectivity index (χ1n) is 10.7. The molecule has 1 fully saturated rings. The van der Waals surface area contributed by atoms with E-state index in [0.717, 1.165) is 12.8 Å². The van der Waals surface area contributed by atoms with E-state index in [2.05, 4.69) is 10.1 Å². The van der Waals surface area contributed by atoms with Crippen LogP contribution in [0.1, 0.15) is 24.8 Å². The van der Waals surface area contributed by atoms with Gasteiger partial charge in [-0.3, -0.25) is 9.36 Å². The summed E-state index contributed by atoms with van der Waals surface area (Å²) in [5.41, 5.74) is 0.867. The van der Waals surface area contributed by atoms with Crippen molar-refractivity contribution in [1.29, 1.82) is 0 Å². The quantitative estimate of drug-likeness (QED) is 0.489. The summed E-state index contributed by atoms with van der Waals surface area (Å²) < 4.78 is 62.9. The molecular weight excluding hydrogens is 472 g/mol. The third-order valence-electron chi connectivity index (χ3n) is 5.57. The van der Waals surface area contributed by atoms with Crippen LogP contribution in [0.2, 0.25) is 0 Å². The van der Waals surface area contributed by atoms with Gasteiger partial charge in [0.1, 0.15) is 5.75 Å². The minimum atomic E-state index is -3.66. The van der Waals surface area contributed by atoms with Gasteiger partial charge in [-0.2, -0.15) is 13.1 Å². The van der Waals surface area contributed by atoms with E-state index in [1.54, 1.807) is 18.2 Å². The summed E-state index contributed by atoms with van der Waals surface area (Å²) in [6, 6.07) is 10.3. The van der Waals surface area contributed by atoms with Crippen molar-refractivity contribution in [2.75, 3.05) is 13.1 Å². The second kappa shape index (κ2) is 9.94. The first-order chi connectivity index (χ1) is 16.3. The van der Waals surface area contributed by atoms with E-state index in [0.29, 0.717) is 24.2 Å². The molecule has 1 aliphatic heterocycles. The molecule has 0 spiro atoms. The molecule has 0 aliphatic carbocycles. The molecule has 0 atom stereocenters. The number of oxazole rings is 1. The minimum Gasteiger partial charge on any atom is -0.434 e. The van der Waals surface area contributed by atoms with Gasteiger partial charge in [-0.25, -0.2) is 13.2 Å². The second-order valence-corrected chi connectivity index (χ2v) is 9.71. The van der Waals surface area contributed by atoms with Gasteiger partial charge < -0.3 is 14.5 Å². The van der Waals surface area contributed by atoms with Crippen LogP contribution in [0.4, 0.5) is 8.78 Å². The zero-order chi connectivity index (χ0) is 24.3. The SMILES string of the molecule is O=C(CCn1c(=O)oc2cc(S(=O)(=O)N3CCCC3)ccc21)NCc1ccccc1OC(F)F. The van der Waals surface area contributed by atoms with Gasteiger partial charge >= 0.3 is 12.4 Å². The van der Waals surface area contributed by atoms with Crippen molar-refractivity contribution in [2.45, 2.75) is 43.9 Å². The molecule has 34 heavy (non-hydrogen) atoms. The molecule has 0 unspecified atom stereocenters. The maximum absolute atomic E-state index is 12.8. The number of hydrogen-bond acceptors (Lipinski definition) is 6. The summed E-state index contributed by atoms with van der Waals surface area (Å²) >= 11 is 0. The molecule has 1 saturated heterocycles. The lowest BCUT2D eigenvalue weighted by Gasteiger charge is -2.15. The number of aryl methyl sites for hydroxylation is 1. The fourth-order valence-electron chi connectivity index (χ4n) is 3.85. The lowest BCUT2D eigenvalue weighted by molar-refractivity contribution is -0.121. The number of nitrogens with one attached hydrogen (secondary N) is 1. The van der Waals surface area contributed by atoms with Gasteiger partial charge in [0, 0.05) is 44.2 Å². The van der Waals surface area contributed by atoms with Gasteiger partial charge in [0.05, 0.1) is 10.4 Å². The van der Waals surface area contributed by atoms with Crippen LogP contribution < -0.4 is 15.8 Å². The second-order valence-electron chi connectivity index (χ2n) is 7.77. The van der Waals surface area contributed by atoms with Gasteiger partial charge in [0.25, 0.3) is 0 Å². The Labute approximate surface area is 194 Å². The standard InChI is InChI=1S/C22H23F2N3O6S/c23-21(24)32-18-6-2-1-5-15(18)14-25-20(28)9-12-27-17-8-7-16(13-19(17)33-22(27)29)34(30,31)26-10-3-4-11-26/h1-2,5-8,13,21H,3-4,9-12,14H2,(H,25,28). The third-order valence-corrected chi connectivity index (χ3v) is 7.46. The van der Waals surface area contributed by atoms with Gasteiger partial charge in [0.15, 0.2) is 5.58 Å². The van der Waals surface area contributed by atoms with Crippen LogP contribution in [0.25, 0.3) is 11.1 Å². The predicted octanol–water partition coefficient (Wildman–Crippen LogP) is 2.69. The summed E-state index contributed by atoms with van der Waals surface area (Å²) in [7, 11) is -3.66. The normalized spacial score (nSPS) is 14.7. The van der Waals surface area contributed by atoms with E-state index in [9.17, 15) is 26.8 Å². The number of alkyl halides is 2. The predicted molar refractivity (Wildman–Crippen MR) is 118 cm³/mol. The summed E-state index contributed by atoms with van der Waals surface area (Å²) in [4.78, 5) is 24.7. The Morgan fingerprint density at radius 2 is 1.88 bits per heavy atom. The Morgan fingerprint density at radius 3 is 2.62 bits per heavy atom. The highest BCUT2D eigenvalue weighted by Crippen LogP contribution is 2.24. The molecule has 0 bridgehead atoms. The topological polar surface area (TPSA) is 111 Å². The number of fused-ring (bicyclic) bond motifs is 1. The fourth-order valence-corrected chi connectivity index (χ4v) is 5.39. The number of nitrogens with zero attached hydrogens (tertiary/aromatic N) is 2. The molecule has 1 amide bonds. The average Bonchev–Trinajstić information content (AvgIpc) is 3.44. The Bertz CT molecular complexity index is 1350. The van der Waals surface area contributed by atoms with E-state index in [-0.39, 0.29) is 35.7 Å². The Hall–Kier alpha value is -3.25. The molecule has 12 heteroatoms. The van der Waals surface area contributed by atoms with Crippen molar-refractivity contribution >= 4 is 27.0 Å². The van der Waals surface area contributed by atoms with Crippen molar-refractivity contribution < 1.29 is 31.1 Å². The molecule has 0 saturated carbocycles. The van der Waals surface area contributed by atoms with E-state index in [1.165, 1.54) is 33.1 Å². The van der Waals surface area contributed by atoms with Crippen LogP contribution in [-0.4, -0.2) is 42.9 Å². The molecule has 2 heterocycles. The molecule has 9 nitrogen and oxygen atoms in total. The van der Waals surface area contributed by atoms with Crippen LogP contribution >= 0.6 is 0 Å². The number of rotatable bonds is 9. The van der Waals surface area contributed by atoms with Crippen molar-refractivity contribution in [2.24, 2.45) is 0 Å². The minimum absolute atomic E-state index is 0.00886. The lowest BCUT2D eigenvalue weighted by atomic mass is 10.2. The molecule has 3 aromatic rings. The highest BCUT2D eigenvalue weighted by Gasteiger charge is 2.28. The average molecular weight is 496 g/mol. The number of carbonyl (C=O) groups excluding carboxylic acids is 1. The summed E-state index contributed by atoms with van der Waals surface area (Å²) in [5, 5.41) is 2.61. The number of para-hydroxylation sites is 1. The first kappa shape index (κ1) is 23.9. The Morgan fingerprint density at radius 1 is 1.15 bits per heavy atom. The molecule has 1 aliphatic rings. The molecule has 1 N–H and O–H groups in total. The number of aromatic nitrogens is 1. The van der Waals surface area contributed by atoms with Gasteiger partial charge in [-0.05, 0) is 31.0 Å². The molecule has 2 aromatic carbocycles. The van der Waals surface area contributed by atoms with Crippen molar-refractivity contribution in [3.05, 3.63) is 58.6 Å². The molecule has 4 rings (SSSR count). The van der Waals surface area contributed by atoms with Crippen LogP contribution in [0.3, 0.4) is 0 Å². The number of benzene rings is 2. The van der Waals surface area contributed by atoms with Crippen molar-refractivity contribution in [3.63, 3.8) is 0 Å². The van der Waals surface area contributed by atoms with Crippen LogP contribution in [0.15, 0.2) is 56.6 Å². The van der Waals surface area contributed by atoms with E-state index >= 15 is 0 Å². The number of ether oxygens (including phenoxy) is 1. The smallest absolute Gasteiger partial charge is 0.419 e. The maximum Gasteiger partial charge on any atom is 0.419 e. The van der Waals surface area contributed by atoms with E-state index in [4.69, 9.17) is 4.42 Å². The molecular formula is C22H23F2N3O6S. The lowest BCUT2D eigenvalue weighted by Crippen LogP contribution is -2.27. The summed E-state index contributed by atoms with van der Waals surface area (Å²) in [6.45, 7) is -2.10. The number of halogens is 2. The van der Waals surface area contributed by atoms with Crippen LogP contribution in [0, 0.1) is 0 Å². The van der Waals surface area contributed by atoms with E-state index in [1.807, 2.05) is 0 Å². The Kier molecular flexibility index (Phi) is 6.98. The van der Waals surface area contributed by atoms with Crippen molar-refractivity contribution in [3.8, 4) is 5.75 Å². The van der Waals surface area contributed by atoms with Crippen molar-refractivity contribution in [1.82, 2.24) is 14.2 Å². The largest absolute Gasteiger partial charge is 0.434 e. The first-order valence-corrected chi connectivity index (χ1v) is 12.1. The van der Waals surface area contributed by atoms with Crippen LogP contribution in [-0.2, 0) is 27.9 Å². The van der Waals surface area contributed by atoms with Gasteiger partial charge in [-0.15, -0.1) is 0 Å². The summed E-state index contributed by atoms with van der Waals surface area (Å²) in [5.74, 6) is -1.16. The van der Waals surface area contributed by atoms with E-state index < -0.39 is 28.3 Å². The highest BCUT2D eigenvalue weighted by atomic mass is 32.2. The highest BCUT2D eigenvalue weighted by molar-refractivity contribution is 7.89. The number of amides is 1. The number of carbonyl (C=O) groups is 1.